The first-order valence-electron chi connectivity index (χ1n) is 3.46. The molecule has 3 nitrogen and oxygen atoms in total. The molecule has 0 amide bonds. The summed E-state index contributed by atoms with van der Waals surface area (Å²) in [6.07, 6.45) is 0. The molecule has 0 radical (unpaired) electrons. The molecule has 2 N–H and O–H groups in total. The van der Waals surface area contributed by atoms with Crippen molar-refractivity contribution in [2.75, 3.05) is 20.0 Å². The first-order chi connectivity index (χ1) is 5.69. The number of nitrogen functional groups attached to an aromatic ring is 1. The molecule has 0 saturated heterocycles. The fourth-order valence-electron chi connectivity index (χ4n) is 0.945. The van der Waals surface area contributed by atoms with Crippen LogP contribution in [0, 0.1) is 0 Å². The Balaban J connectivity index is 3.16. The zero-order valence-corrected chi connectivity index (χ0v) is 8.28. The molecule has 0 aliphatic rings. The van der Waals surface area contributed by atoms with E-state index in [1.165, 1.54) is 0 Å². The van der Waals surface area contributed by atoms with Crippen molar-refractivity contribution in [3.8, 4) is 11.5 Å². The van der Waals surface area contributed by atoms with E-state index in [0.29, 0.717) is 11.4 Å². The SMILES string of the molecule is COc1cc(P)c(OC)cc1N. The summed E-state index contributed by atoms with van der Waals surface area (Å²) < 4.78 is 10.1. The largest absolute Gasteiger partial charge is 0.496 e. The van der Waals surface area contributed by atoms with E-state index >= 15 is 0 Å². The van der Waals surface area contributed by atoms with E-state index in [2.05, 4.69) is 9.24 Å². The van der Waals surface area contributed by atoms with Gasteiger partial charge in [-0.2, -0.15) is 0 Å². The Morgan fingerprint density at radius 2 is 1.75 bits per heavy atom. The Hall–Kier alpha value is -0.950. The van der Waals surface area contributed by atoms with Crippen LogP contribution in [0.4, 0.5) is 5.69 Å². The second-order valence-electron chi connectivity index (χ2n) is 2.34. The molecule has 1 rings (SSSR count). The van der Waals surface area contributed by atoms with Crippen molar-refractivity contribution in [3.05, 3.63) is 12.1 Å². The van der Waals surface area contributed by atoms with Crippen LogP contribution in [0.1, 0.15) is 0 Å². The smallest absolute Gasteiger partial charge is 0.142 e. The van der Waals surface area contributed by atoms with Crippen molar-refractivity contribution in [1.29, 1.82) is 0 Å². The normalized spacial score (nSPS) is 9.58. The highest BCUT2D eigenvalue weighted by molar-refractivity contribution is 7.27. The van der Waals surface area contributed by atoms with Crippen LogP contribution in [0.5, 0.6) is 11.5 Å². The van der Waals surface area contributed by atoms with Gasteiger partial charge in [0.1, 0.15) is 11.5 Å². The molecule has 0 aliphatic heterocycles. The lowest BCUT2D eigenvalue weighted by Crippen LogP contribution is -2.02. The lowest BCUT2D eigenvalue weighted by molar-refractivity contribution is 0.408. The van der Waals surface area contributed by atoms with E-state index in [9.17, 15) is 0 Å². The first kappa shape index (κ1) is 9.14. The highest BCUT2D eigenvalue weighted by Gasteiger charge is 2.04. The number of anilines is 1. The maximum atomic E-state index is 5.66. The fourth-order valence-corrected chi connectivity index (χ4v) is 1.30. The third-order valence-electron chi connectivity index (χ3n) is 1.58. The molecule has 12 heavy (non-hydrogen) atoms. The second-order valence-corrected chi connectivity index (χ2v) is 2.96. The molecule has 0 saturated carbocycles. The van der Waals surface area contributed by atoms with Crippen LogP contribution < -0.4 is 20.5 Å². The van der Waals surface area contributed by atoms with Crippen molar-refractivity contribution in [2.45, 2.75) is 0 Å². The molecule has 1 aromatic carbocycles. The summed E-state index contributed by atoms with van der Waals surface area (Å²) in [5.74, 6) is 1.42. The molecule has 0 spiro atoms. The minimum absolute atomic E-state index is 0.584. The topological polar surface area (TPSA) is 44.5 Å². The zero-order chi connectivity index (χ0) is 9.14. The summed E-state index contributed by atoms with van der Waals surface area (Å²) in [4.78, 5) is 0. The van der Waals surface area contributed by atoms with Crippen LogP contribution in [0.2, 0.25) is 0 Å². The number of ether oxygens (including phenoxy) is 2. The van der Waals surface area contributed by atoms with Gasteiger partial charge >= 0.3 is 0 Å². The predicted octanol–water partition coefficient (Wildman–Crippen LogP) is 0.786. The third-order valence-corrected chi connectivity index (χ3v) is 2.03. The van der Waals surface area contributed by atoms with E-state index in [1.807, 2.05) is 6.07 Å². The van der Waals surface area contributed by atoms with Crippen molar-refractivity contribution in [2.24, 2.45) is 0 Å². The summed E-state index contributed by atoms with van der Waals surface area (Å²) in [5, 5.41) is 0.934. The van der Waals surface area contributed by atoms with Gasteiger partial charge in [-0.05, 0) is 6.07 Å². The monoisotopic (exact) mass is 185 g/mol. The van der Waals surface area contributed by atoms with Gasteiger partial charge in [-0.25, -0.2) is 0 Å². The quantitative estimate of drug-likeness (QED) is 0.547. The average Bonchev–Trinajstić information content (AvgIpc) is 2.08. The van der Waals surface area contributed by atoms with Gasteiger partial charge in [-0.15, -0.1) is 9.24 Å². The minimum Gasteiger partial charge on any atom is -0.496 e. The maximum Gasteiger partial charge on any atom is 0.142 e. The fraction of sp³-hybridized carbons (Fsp3) is 0.250. The summed E-state index contributed by atoms with van der Waals surface area (Å²) in [5.41, 5.74) is 6.25. The van der Waals surface area contributed by atoms with Crippen LogP contribution in [-0.4, -0.2) is 14.2 Å². The lowest BCUT2D eigenvalue weighted by atomic mass is 10.3. The second kappa shape index (κ2) is 3.63. The van der Waals surface area contributed by atoms with Crippen LogP contribution in [0.3, 0.4) is 0 Å². The minimum atomic E-state index is 0.584. The maximum absolute atomic E-state index is 5.66. The summed E-state index contributed by atoms with van der Waals surface area (Å²) in [6.45, 7) is 0. The highest BCUT2D eigenvalue weighted by Crippen LogP contribution is 2.25. The Labute approximate surface area is 74.1 Å². The highest BCUT2D eigenvalue weighted by atomic mass is 31.0. The van der Waals surface area contributed by atoms with Gasteiger partial charge in [-0.1, -0.05) is 0 Å². The molecule has 66 valence electrons. The van der Waals surface area contributed by atoms with E-state index in [1.54, 1.807) is 20.3 Å². The molecule has 0 bridgehead atoms. The van der Waals surface area contributed by atoms with Crippen LogP contribution >= 0.6 is 9.24 Å². The number of benzene rings is 1. The van der Waals surface area contributed by atoms with Crippen LogP contribution in [-0.2, 0) is 0 Å². The van der Waals surface area contributed by atoms with Gasteiger partial charge in [0.15, 0.2) is 0 Å². The van der Waals surface area contributed by atoms with E-state index in [4.69, 9.17) is 15.2 Å². The van der Waals surface area contributed by atoms with Crippen molar-refractivity contribution in [3.63, 3.8) is 0 Å². The van der Waals surface area contributed by atoms with Gasteiger partial charge in [0.05, 0.1) is 19.9 Å². The van der Waals surface area contributed by atoms with Gasteiger partial charge < -0.3 is 15.2 Å². The summed E-state index contributed by atoms with van der Waals surface area (Å²) in [7, 11) is 5.75. The molecule has 0 fully saturated rings. The Kier molecular flexibility index (Phi) is 2.77. The Bertz CT molecular complexity index is 259. The van der Waals surface area contributed by atoms with Gasteiger partial charge in [0, 0.05) is 11.4 Å². The molecule has 4 heteroatoms. The molecule has 1 unspecified atom stereocenters. The van der Waals surface area contributed by atoms with E-state index in [-0.39, 0.29) is 0 Å². The van der Waals surface area contributed by atoms with Gasteiger partial charge in [0.25, 0.3) is 0 Å². The van der Waals surface area contributed by atoms with Gasteiger partial charge in [0.2, 0.25) is 0 Å². The molecular formula is C8H12NO2P. The molecule has 0 heterocycles. The number of nitrogens with two attached hydrogens (primary N) is 1. The average molecular weight is 185 g/mol. The lowest BCUT2D eigenvalue weighted by Gasteiger charge is -2.09. The number of methoxy groups -OCH3 is 2. The molecular weight excluding hydrogens is 173 g/mol. The number of hydrogen-bond acceptors (Lipinski definition) is 3. The summed E-state index contributed by atoms with van der Waals surface area (Å²) in [6, 6.07) is 3.56. The van der Waals surface area contributed by atoms with Gasteiger partial charge in [-0.3, -0.25) is 0 Å². The molecule has 1 aromatic rings. The number of hydrogen-bond donors (Lipinski definition) is 1. The Morgan fingerprint density at radius 1 is 1.17 bits per heavy atom. The summed E-state index contributed by atoms with van der Waals surface area (Å²) >= 11 is 0. The Morgan fingerprint density at radius 3 is 2.25 bits per heavy atom. The standard InChI is InChI=1S/C8H12NO2P/c1-10-6-4-8(12)7(11-2)3-5(6)9/h3-4H,9,12H2,1-2H3. The molecule has 1 atom stereocenters. The van der Waals surface area contributed by atoms with Crippen molar-refractivity contribution in [1.82, 2.24) is 0 Å². The van der Waals surface area contributed by atoms with E-state index in [0.717, 1.165) is 11.1 Å². The molecule has 0 aromatic heterocycles. The molecule has 0 aliphatic carbocycles. The third kappa shape index (κ3) is 1.62. The van der Waals surface area contributed by atoms with Crippen LogP contribution in [0.15, 0.2) is 12.1 Å². The predicted molar refractivity (Wildman–Crippen MR) is 53.3 cm³/mol. The van der Waals surface area contributed by atoms with E-state index < -0.39 is 0 Å². The first-order valence-corrected chi connectivity index (χ1v) is 4.03. The number of rotatable bonds is 2. The van der Waals surface area contributed by atoms with Crippen molar-refractivity contribution < 1.29 is 9.47 Å². The zero-order valence-electron chi connectivity index (χ0n) is 7.13. The van der Waals surface area contributed by atoms with Crippen LogP contribution in [0.25, 0.3) is 0 Å². The van der Waals surface area contributed by atoms with Crippen molar-refractivity contribution >= 4 is 20.2 Å².